The van der Waals surface area contributed by atoms with Crippen LogP contribution >= 0.6 is 11.6 Å². The van der Waals surface area contributed by atoms with Crippen molar-refractivity contribution in [2.75, 3.05) is 7.05 Å². The molecule has 2 aromatic rings. The molecule has 0 atom stereocenters. The average Bonchev–Trinajstić information content (AvgIpc) is 2.86. The molecule has 1 saturated carbocycles. The standard InChI is InChI=1S/C13H16ClN3O2/c1-17(7-10-5-6-11(14)18-10)8-12-15-13(19-16-12)9-3-2-4-9/h5-6,9H,2-4,7-8H2,1H3. The summed E-state index contributed by atoms with van der Waals surface area (Å²) in [5, 5.41) is 4.43. The number of furan rings is 1. The highest BCUT2D eigenvalue weighted by Crippen LogP contribution is 2.35. The van der Waals surface area contributed by atoms with Crippen molar-refractivity contribution in [2.24, 2.45) is 0 Å². The molecule has 1 aliphatic rings. The van der Waals surface area contributed by atoms with E-state index in [9.17, 15) is 0 Å². The van der Waals surface area contributed by atoms with Crippen molar-refractivity contribution in [1.29, 1.82) is 0 Å². The summed E-state index contributed by atoms with van der Waals surface area (Å²) in [6.07, 6.45) is 3.60. The van der Waals surface area contributed by atoms with Crippen LogP contribution < -0.4 is 0 Å². The van der Waals surface area contributed by atoms with Crippen LogP contribution in [0.3, 0.4) is 0 Å². The van der Waals surface area contributed by atoms with E-state index >= 15 is 0 Å². The van der Waals surface area contributed by atoms with Crippen molar-refractivity contribution >= 4 is 11.6 Å². The van der Waals surface area contributed by atoms with Gasteiger partial charge in [-0.3, -0.25) is 4.90 Å². The molecular formula is C13H16ClN3O2. The Hall–Kier alpha value is -1.33. The summed E-state index contributed by atoms with van der Waals surface area (Å²) in [5.41, 5.74) is 0. The largest absolute Gasteiger partial charge is 0.448 e. The van der Waals surface area contributed by atoms with E-state index in [1.54, 1.807) is 6.07 Å². The predicted octanol–water partition coefficient (Wildman–Crippen LogP) is 3.22. The van der Waals surface area contributed by atoms with Gasteiger partial charge in [0.25, 0.3) is 0 Å². The Balaban J connectivity index is 1.56. The summed E-state index contributed by atoms with van der Waals surface area (Å²) in [7, 11) is 1.98. The van der Waals surface area contributed by atoms with Crippen LogP contribution in [0.2, 0.25) is 5.22 Å². The molecule has 5 nitrogen and oxygen atoms in total. The Labute approximate surface area is 116 Å². The van der Waals surface area contributed by atoms with Gasteiger partial charge in [-0.1, -0.05) is 11.6 Å². The maximum absolute atomic E-state index is 5.74. The summed E-state index contributed by atoms with van der Waals surface area (Å²) in [4.78, 5) is 6.50. The molecule has 1 fully saturated rings. The number of hydrogen-bond donors (Lipinski definition) is 0. The summed E-state index contributed by atoms with van der Waals surface area (Å²) < 4.78 is 10.6. The summed E-state index contributed by atoms with van der Waals surface area (Å²) in [6.45, 7) is 1.30. The fraction of sp³-hybridized carbons (Fsp3) is 0.538. The van der Waals surface area contributed by atoms with Crippen LogP contribution in [0.4, 0.5) is 0 Å². The van der Waals surface area contributed by atoms with E-state index in [1.165, 1.54) is 19.3 Å². The van der Waals surface area contributed by atoms with Gasteiger partial charge in [0.05, 0.1) is 13.1 Å². The number of aromatic nitrogens is 2. The number of rotatable bonds is 5. The first-order valence-electron chi connectivity index (χ1n) is 6.46. The molecule has 0 radical (unpaired) electrons. The first-order chi connectivity index (χ1) is 9.20. The highest BCUT2D eigenvalue weighted by Gasteiger charge is 2.25. The van der Waals surface area contributed by atoms with Crippen LogP contribution in [0.25, 0.3) is 0 Å². The first-order valence-corrected chi connectivity index (χ1v) is 6.84. The lowest BCUT2D eigenvalue weighted by atomic mass is 9.85. The lowest BCUT2D eigenvalue weighted by molar-refractivity contribution is 0.269. The second-order valence-corrected chi connectivity index (χ2v) is 5.43. The highest BCUT2D eigenvalue weighted by molar-refractivity contribution is 6.28. The van der Waals surface area contributed by atoms with Gasteiger partial charge in [-0.15, -0.1) is 0 Å². The molecule has 0 aliphatic heterocycles. The summed E-state index contributed by atoms with van der Waals surface area (Å²) >= 11 is 5.74. The van der Waals surface area contributed by atoms with Gasteiger partial charge in [-0.05, 0) is 43.6 Å². The van der Waals surface area contributed by atoms with E-state index in [0.29, 0.717) is 24.2 Å². The number of nitrogens with zero attached hydrogens (tertiary/aromatic N) is 3. The quantitative estimate of drug-likeness (QED) is 0.842. The Morgan fingerprint density at radius 3 is 2.84 bits per heavy atom. The van der Waals surface area contributed by atoms with Crippen molar-refractivity contribution < 1.29 is 8.94 Å². The molecule has 0 bridgehead atoms. The molecule has 0 unspecified atom stereocenters. The van der Waals surface area contributed by atoms with Crippen molar-refractivity contribution in [3.05, 3.63) is 34.8 Å². The minimum atomic E-state index is 0.412. The van der Waals surface area contributed by atoms with E-state index in [4.69, 9.17) is 20.5 Å². The second kappa shape index (κ2) is 5.35. The zero-order valence-corrected chi connectivity index (χ0v) is 11.6. The van der Waals surface area contributed by atoms with Gasteiger partial charge < -0.3 is 8.94 Å². The van der Waals surface area contributed by atoms with E-state index in [2.05, 4.69) is 15.0 Å². The van der Waals surface area contributed by atoms with Gasteiger partial charge in [-0.25, -0.2) is 0 Å². The van der Waals surface area contributed by atoms with E-state index in [0.717, 1.165) is 17.5 Å². The lowest BCUT2D eigenvalue weighted by Crippen LogP contribution is -2.18. The maximum atomic E-state index is 5.74. The van der Waals surface area contributed by atoms with Crippen molar-refractivity contribution in [3.63, 3.8) is 0 Å². The molecule has 0 spiro atoms. The van der Waals surface area contributed by atoms with Crippen molar-refractivity contribution in [2.45, 2.75) is 38.3 Å². The fourth-order valence-corrected chi connectivity index (χ4v) is 2.31. The molecule has 0 aromatic carbocycles. The topological polar surface area (TPSA) is 55.3 Å². The molecule has 0 N–H and O–H groups in total. The van der Waals surface area contributed by atoms with Crippen LogP contribution in [0.15, 0.2) is 21.1 Å². The first kappa shape index (κ1) is 12.7. The van der Waals surface area contributed by atoms with E-state index in [-0.39, 0.29) is 0 Å². The Bertz CT molecular complexity index is 548. The molecule has 1 aliphatic carbocycles. The Morgan fingerprint density at radius 2 is 2.21 bits per heavy atom. The van der Waals surface area contributed by atoms with Gasteiger partial charge in [0.1, 0.15) is 5.76 Å². The Kier molecular flexibility index (Phi) is 3.57. The molecule has 2 heterocycles. The predicted molar refractivity (Wildman–Crippen MR) is 69.8 cm³/mol. The van der Waals surface area contributed by atoms with Crippen molar-refractivity contribution in [3.8, 4) is 0 Å². The minimum Gasteiger partial charge on any atom is -0.448 e. The molecule has 3 rings (SSSR count). The smallest absolute Gasteiger partial charge is 0.229 e. The zero-order valence-electron chi connectivity index (χ0n) is 10.8. The van der Waals surface area contributed by atoms with E-state index < -0.39 is 0 Å². The third-order valence-electron chi connectivity index (χ3n) is 3.40. The zero-order chi connectivity index (χ0) is 13.2. The second-order valence-electron chi connectivity index (χ2n) is 5.05. The SMILES string of the molecule is CN(Cc1noc(C2CCC2)n1)Cc1ccc(Cl)o1. The molecular weight excluding hydrogens is 266 g/mol. The van der Waals surface area contributed by atoms with Crippen LogP contribution in [0.1, 0.15) is 42.7 Å². The third-order valence-corrected chi connectivity index (χ3v) is 3.61. The van der Waals surface area contributed by atoms with Crippen LogP contribution in [0.5, 0.6) is 0 Å². The maximum Gasteiger partial charge on any atom is 0.229 e. The molecule has 102 valence electrons. The molecule has 6 heteroatoms. The van der Waals surface area contributed by atoms with Crippen molar-refractivity contribution in [1.82, 2.24) is 15.0 Å². The Morgan fingerprint density at radius 1 is 1.37 bits per heavy atom. The fourth-order valence-electron chi connectivity index (χ4n) is 2.15. The van der Waals surface area contributed by atoms with Gasteiger partial charge in [0.15, 0.2) is 11.0 Å². The monoisotopic (exact) mass is 281 g/mol. The highest BCUT2D eigenvalue weighted by atomic mass is 35.5. The molecule has 0 saturated heterocycles. The molecule has 2 aromatic heterocycles. The molecule has 0 amide bonds. The van der Waals surface area contributed by atoms with Crippen LogP contribution in [-0.2, 0) is 13.1 Å². The minimum absolute atomic E-state index is 0.412. The van der Waals surface area contributed by atoms with Crippen LogP contribution in [-0.4, -0.2) is 22.1 Å². The van der Waals surface area contributed by atoms with Gasteiger partial charge in [-0.2, -0.15) is 4.98 Å². The van der Waals surface area contributed by atoms with E-state index in [1.807, 2.05) is 13.1 Å². The summed E-state index contributed by atoms with van der Waals surface area (Å²) in [5.74, 6) is 2.82. The van der Waals surface area contributed by atoms with Crippen LogP contribution in [0, 0.1) is 0 Å². The number of hydrogen-bond acceptors (Lipinski definition) is 5. The average molecular weight is 282 g/mol. The molecule has 19 heavy (non-hydrogen) atoms. The van der Waals surface area contributed by atoms with Gasteiger partial charge in [0, 0.05) is 5.92 Å². The third kappa shape index (κ3) is 2.98. The summed E-state index contributed by atoms with van der Waals surface area (Å²) in [6, 6.07) is 3.61. The lowest BCUT2D eigenvalue weighted by Gasteiger charge is -2.20. The van der Waals surface area contributed by atoms with Gasteiger partial charge >= 0.3 is 0 Å². The number of halogens is 1. The normalized spacial score (nSPS) is 15.9. The van der Waals surface area contributed by atoms with Gasteiger partial charge in [0.2, 0.25) is 5.89 Å².